The molecule has 4 nitrogen and oxygen atoms in total. The minimum atomic E-state index is -0.921. The van der Waals surface area contributed by atoms with Crippen LogP contribution in [-0.4, -0.2) is 20.6 Å². The summed E-state index contributed by atoms with van der Waals surface area (Å²) in [6.45, 7) is 2.13. The van der Waals surface area contributed by atoms with Crippen LogP contribution in [0, 0.1) is 0 Å². The maximum absolute atomic E-state index is 11.3. The monoisotopic (exact) mass is 262 g/mol. The first-order chi connectivity index (χ1) is 8.68. The molecule has 0 saturated carbocycles. The predicted octanol–water partition coefficient (Wildman–Crippen LogP) is 3.21. The van der Waals surface area contributed by atoms with Gasteiger partial charge in [-0.05, 0) is 37.6 Å². The third-order valence-corrected chi connectivity index (χ3v) is 4.30. The van der Waals surface area contributed by atoms with Gasteiger partial charge in [0.1, 0.15) is 0 Å². The van der Waals surface area contributed by atoms with Crippen molar-refractivity contribution in [1.82, 2.24) is 9.55 Å². The minimum absolute atomic E-state index is 0.227. The number of imidazole rings is 1. The fourth-order valence-corrected chi connectivity index (χ4v) is 3.34. The second kappa shape index (κ2) is 4.24. The Morgan fingerprint density at radius 2 is 2.44 bits per heavy atom. The Labute approximate surface area is 109 Å². The molecule has 0 radical (unpaired) electrons. The van der Waals surface area contributed by atoms with E-state index in [4.69, 9.17) is 0 Å². The van der Waals surface area contributed by atoms with Crippen molar-refractivity contribution in [3.63, 3.8) is 0 Å². The van der Waals surface area contributed by atoms with E-state index in [1.807, 2.05) is 17.5 Å². The molecule has 0 aromatic carbocycles. The Kier molecular flexibility index (Phi) is 2.70. The van der Waals surface area contributed by atoms with Crippen LogP contribution in [0.25, 0.3) is 10.7 Å². The van der Waals surface area contributed by atoms with Crippen LogP contribution in [0.15, 0.2) is 17.5 Å². The maximum atomic E-state index is 11.3. The molecular weight excluding hydrogens is 248 g/mol. The van der Waals surface area contributed by atoms with Crippen LogP contribution in [0.5, 0.6) is 0 Å². The van der Waals surface area contributed by atoms with Crippen molar-refractivity contribution in [2.24, 2.45) is 0 Å². The summed E-state index contributed by atoms with van der Waals surface area (Å²) in [4.78, 5) is 16.7. The standard InChI is InChI=1S/C13H14N2O2S/c1-8-4-2-5-9-11(13(16)17)14-12(15(8)9)10-6-3-7-18-10/h3,6-8H,2,4-5H2,1H3,(H,16,17). The van der Waals surface area contributed by atoms with Gasteiger partial charge in [0.15, 0.2) is 11.5 Å². The lowest BCUT2D eigenvalue weighted by Gasteiger charge is -2.24. The molecule has 3 heterocycles. The highest BCUT2D eigenvalue weighted by atomic mass is 32.1. The molecule has 0 amide bonds. The highest BCUT2D eigenvalue weighted by Gasteiger charge is 2.28. The fraction of sp³-hybridized carbons (Fsp3) is 0.385. The summed E-state index contributed by atoms with van der Waals surface area (Å²) in [5.41, 5.74) is 1.11. The van der Waals surface area contributed by atoms with Crippen molar-refractivity contribution in [3.8, 4) is 10.7 Å². The van der Waals surface area contributed by atoms with Gasteiger partial charge in [-0.2, -0.15) is 0 Å². The van der Waals surface area contributed by atoms with Crippen molar-refractivity contribution in [2.75, 3.05) is 0 Å². The van der Waals surface area contributed by atoms with E-state index in [2.05, 4.69) is 16.5 Å². The van der Waals surface area contributed by atoms with E-state index in [0.29, 0.717) is 6.04 Å². The second-order valence-corrected chi connectivity index (χ2v) is 5.57. The van der Waals surface area contributed by atoms with Gasteiger partial charge in [-0.1, -0.05) is 6.07 Å². The van der Waals surface area contributed by atoms with Crippen molar-refractivity contribution >= 4 is 17.3 Å². The van der Waals surface area contributed by atoms with Crippen LogP contribution in [-0.2, 0) is 6.42 Å². The molecule has 0 fully saturated rings. The van der Waals surface area contributed by atoms with E-state index >= 15 is 0 Å². The van der Waals surface area contributed by atoms with Gasteiger partial charge in [0, 0.05) is 6.04 Å². The Morgan fingerprint density at radius 1 is 1.61 bits per heavy atom. The van der Waals surface area contributed by atoms with Gasteiger partial charge in [0.05, 0.1) is 10.6 Å². The lowest BCUT2D eigenvalue weighted by atomic mass is 10.0. The molecule has 0 spiro atoms. The van der Waals surface area contributed by atoms with Crippen molar-refractivity contribution in [2.45, 2.75) is 32.2 Å². The Bertz CT molecular complexity index is 586. The predicted molar refractivity (Wildman–Crippen MR) is 70.1 cm³/mol. The van der Waals surface area contributed by atoms with Crippen LogP contribution in [0.1, 0.15) is 42.0 Å². The number of carbonyl (C=O) groups is 1. The van der Waals surface area contributed by atoms with E-state index in [-0.39, 0.29) is 5.69 Å². The summed E-state index contributed by atoms with van der Waals surface area (Å²) in [6.07, 6.45) is 2.93. The SMILES string of the molecule is CC1CCCc2c(C(=O)O)nc(-c3cccs3)n21. The van der Waals surface area contributed by atoms with E-state index in [1.54, 1.807) is 11.3 Å². The molecule has 94 valence electrons. The number of thiophene rings is 1. The largest absolute Gasteiger partial charge is 0.476 e. The highest BCUT2D eigenvalue weighted by Crippen LogP contribution is 2.34. The van der Waals surface area contributed by atoms with Gasteiger partial charge >= 0.3 is 5.97 Å². The van der Waals surface area contributed by atoms with E-state index in [0.717, 1.165) is 35.7 Å². The molecule has 0 saturated heterocycles. The molecule has 5 heteroatoms. The molecule has 0 bridgehead atoms. The first-order valence-corrected chi connectivity index (χ1v) is 6.94. The second-order valence-electron chi connectivity index (χ2n) is 4.62. The number of rotatable bonds is 2. The minimum Gasteiger partial charge on any atom is -0.476 e. The molecule has 2 aromatic rings. The smallest absolute Gasteiger partial charge is 0.356 e. The summed E-state index contributed by atoms with van der Waals surface area (Å²) in [5, 5.41) is 11.3. The molecule has 3 rings (SSSR count). The number of fused-ring (bicyclic) bond motifs is 1. The topological polar surface area (TPSA) is 55.1 Å². The van der Waals surface area contributed by atoms with E-state index < -0.39 is 5.97 Å². The summed E-state index contributed by atoms with van der Waals surface area (Å²) in [5.74, 6) is -0.111. The lowest BCUT2D eigenvalue weighted by Crippen LogP contribution is -2.17. The third kappa shape index (κ3) is 1.66. The number of aromatic nitrogens is 2. The van der Waals surface area contributed by atoms with Gasteiger partial charge in [-0.15, -0.1) is 11.3 Å². The van der Waals surface area contributed by atoms with E-state index in [1.165, 1.54) is 0 Å². The zero-order valence-corrected chi connectivity index (χ0v) is 10.9. The number of carboxylic acids is 1. The molecule has 1 unspecified atom stereocenters. The average molecular weight is 262 g/mol. The molecule has 1 aliphatic heterocycles. The Morgan fingerprint density at radius 3 is 3.11 bits per heavy atom. The van der Waals surface area contributed by atoms with Crippen LogP contribution < -0.4 is 0 Å². The molecule has 2 aromatic heterocycles. The molecule has 0 aliphatic carbocycles. The number of aromatic carboxylic acids is 1. The summed E-state index contributed by atoms with van der Waals surface area (Å²) >= 11 is 1.60. The van der Waals surface area contributed by atoms with Gasteiger partial charge in [0.2, 0.25) is 0 Å². The molecule has 1 atom stereocenters. The first-order valence-electron chi connectivity index (χ1n) is 6.06. The number of carboxylic acid groups (broad SMARTS) is 1. The van der Waals surface area contributed by atoms with Crippen molar-refractivity contribution < 1.29 is 9.90 Å². The number of nitrogens with zero attached hydrogens (tertiary/aromatic N) is 2. The fourth-order valence-electron chi connectivity index (χ4n) is 2.62. The van der Waals surface area contributed by atoms with Crippen molar-refractivity contribution in [1.29, 1.82) is 0 Å². The summed E-state index contributed by atoms with van der Waals surface area (Å²) in [7, 11) is 0. The van der Waals surface area contributed by atoms with Crippen LogP contribution in [0.4, 0.5) is 0 Å². The summed E-state index contributed by atoms with van der Waals surface area (Å²) in [6, 6.07) is 4.29. The lowest BCUT2D eigenvalue weighted by molar-refractivity contribution is 0.0689. The van der Waals surface area contributed by atoms with Crippen LogP contribution in [0.2, 0.25) is 0 Å². The zero-order valence-electron chi connectivity index (χ0n) is 10.1. The summed E-state index contributed by atoms with van der Waals surface area (Å²) < 4.78 is 2.11. The number of hydrogen-bond acceptors (Lipinski definition) is 3. The molecule has 18 heavy (non-hydrogen) atoms. The van der Waals surface area contributed by atoms with Crippen molar-refractivity contribution in [3.05, 3.63) is 28.9 Å². The van der Waals surface area contributed by atoms with Gasteiger partial charge in [-0.3, -0.25) is 0 Å². The van der Waals surface area contributed by atoms with Gasteiger partial charge < -0.3 is 9.67 Å². The number of hydrogen-bond donors (Lipinski definition) is 1. The quantitative estimate of drug-likeness (QED) is 0.904. The van der Waals surface area contributed by atoms with Gasteiger partial charge in [0.25, 0.3) is 0 Å². The van der Waals surface area contributed by atoms with Crippen LogP contribution in [0.3, 0.4) is 0 Å². The normalized spacial score (nSPS) is 18.6. The molecule has 1 aliphatic rings. The molecule has 1 N–H and O–H groups in total. The Balaban J connectivity index is 2.23. The van der Waals surface area contributed by atoms with Crippen LogP contribution >= 0.6 is 11.3 Å². The van der Waals surface area contributed by atoms with Gasteiger partial charge in [-0.25, -0.2) is 9.78 Å². The Hall–Kier alpha value is -1.62. The molecular formula is C13H14N2O2S. The van der Waals surface area contributed by atoms with E-state index in [9.17, 15) is 9.90 Å². The third-order valence-electron chi connectivity index (χ3n) is 3.43. The zero-order chi connectivity index (χ0) is 12.7. The highest BCUT2D eigenvalue weighted by molar-refractivity contribution is 7.13. The maximum Gasteiger partial charge on any atom is 0.356 e. The average Bonchev–Trinajstić information content (AvgIpc) is 2.95. The first kappa shape index (κ1) is 11.5.